The van der Waals surface area contributed by atoms with Crippen molar-refractivity contribution in [2.45, 2.75) is 58.3 Å². The molecular weight excluding hydrogens is 322 g/mol. The molecule has 1 aliphatic carbocycles. The van der Waals surface area contributed by atoms with E-state index in [9.17, 15) is 14.7 Å². The van der Waals surface area contributed by atoms with E-state index < -0.39 is 11.9 Å². The molecule has 138 valence electrons. The van der Waals surface area contributed by atoms with Crippen LogP contribution < -0.4 is 0 Å². The summed E-state index contributed by atoms with van der Waals surface area (Å²) in [6.07, 6.45) is 6.57. The third kappa shape index (κ3) is 4.19. The van der Waals surface area contributed by atoms with E-state index in [1.807, 2.05) is 4.90 Å². The van der Waals surface area contributed by atoms with Gasteiger partial charge in [0, 0.05) is 25.9 Å². The Labute approximate surface area is 147 Å². The standard InChI is InChI=1S/C18H27N3O4/c1-2-4-15-19-16(25-20-15)11-12-7-9-21(10-8-12)17(22)13-5-3-6-14(13)18(23)24/h12-14H,2-11H2,1H3,(H,23,24)/t13-,14+/m1/s1. The predicted octanol–water partition coefficient (Wildman–Crippen LogP) is 2.30. The molecule has 0 spiro atoms. The van der Waals surface area contributed by atoms with Gasteiger partial charge in [-0.15, -0.1) is 0 Å². The lowest BCUT2D eigenvalue weighted by atomic mass is 9.90. The number of amides is 1. The summed E-state index contributed by atoms with van der Waals surface area (Å²) in [4.78, 5) is 30.3. The molecule has 2 aliphatic rings. The van der Waals surface area contributed by atoms with E-state index >= 15 is 0 Å². The summed E-state index contributed by atoms with van der Waals surface area (Å²) in [6, 6.07) is 0. The second-order valence-corrected chi connectivity index (χ2v) is 7.31. The Morgan fingerprint density at radius 2 is 1.92 bits per heavy atom. The van der Waals surface area contributed by atoms with Gasteiger partial charge in [0.1, 0.15) is 0 Å². The first-order chi connectivity index (χ1) is 12.1. The number of hydrogen-bond donors (Lipinski definition) is 1. The summed E-state index contributed by atoms with van der Waals surface area (Å²) in [5.41, 5.74) is 0. The molecule has 2 atom stereocenters. The van der Waals surface area contributed by atoms with Crippen molar-refractivity contribution in [3.05, 3.63) is 11.7 Å². The van der Waals surface area contributed by atoms with Gasteiger partial charge in [0.15, 0.2) is 5.82 Å². The summed E-state index contributed by atoms with van der Waals surface area (Å²) in [5.74, 6) is 0.275. The van der Waals surface area contributed by atoms with Gasteiger partial charge in [-0.1, -0.05) is 18.5 Å². The van der Waals surface area contributed by atoms with Crippen LogP contribution in [0.2, 0.25) is 0 Å². The third-order valence-corrected chi connectivity index (χ3v) is 5.52. The molecule has 7 nitrogen and oxygen atoms in total. The Bertz CT molecular complexity index is 607. The number of aliphatic carboxylic acids is 1. The fourth-order valence-corrected chi connectivity index (χ4v) is 4.09. The highest BCUT2D eigenvalue weighted by molar-refractivity contribution is 5.85. The molecule has 0 unspecified atom stereocenters. The van der Waals surface area contributed by atoms with Gasteiger partial charge in [-0.25, -0.2) is 0 Å². The van der Waals surface area contributed by atoms with Crippen LogP contribution in [0.5, 0.6) is 0 Å². The molecule has 1 aromatic heterocycles. The molecule has 2 fully saturated rings. The van der Waals surface area contributed by atoms with Gasteiger partial charge in [-0.05, 0) is 38.0 Å². The average Bonchev–Trinajstić information content (AvgIpc) is 3.25. The molecule has 0 radical (unpaired) electrons. The van der Waals surface area contributed by atoms with Crippen LogP contribution in [-0.4, -0.2) is 45.1 Å². The van der Waals surface area contributed by atoms with E-state index in [2.05, 4.69) is 17.1 Å². The van der Waals surface area contributed by atoms with E-state index in [1.165, 1.54) is 0 Å². The van der Waals surface area contributed by atoms with Crippen molar-refractivity contribution < 1.29 is 19.2 Å². The molecule has 7 heteroatoms. The zero-order valence-electron chi connectivity index (χ0n) is 14.8. The first-order valence-corrected chi connectivity index (χ1v) is 9.41. The van der Waals surface area contributed by atoms with Gasteiger partial charge in [-0.3, -0.25) is 9.59 Å². The number of carboxylic acids is 1. The Morgan fingerprint density at radius 1 is 1.20 bits per heavy atom. The number of aryl methyl sites for hydroxylation is 1. The maximum atomic E-state index is 12.7. The lowest BCUT2D eigenvalue weighted by molar-refractivity contribution is -0.149. The van der Waals surface area contributed by atoms with Gasteiger partial charge in [0.05, 0.1) is 11.8 Å². The minimum Gasteiger partial charge on any atom is -0.481 e. The number of rotatable bonds is 6. The molecule has 25 heavy (non-hydrogen) atoms. The molecule has 1 saturated heterocycles. The summed E-state index contributed by atoms with van der Waals surface area (Å²) in [7, 11) is 0. The Morgan fingerprint density at radius 3 is 2.60 bits per heavy atom. The summed E-state index contributed by atoms with van der Waals surface area (Å²) >= 11 is 0. The quantitative estimate of drug-likeness (QED) is 0.846. The van der Waals surface area contributed by atoms with E-state index in [0.717, 1.165) is 44.3 Å². The molecule has 0 bridgehead atoms. The first-order valence-electron chi connectivity index (χ1n) is 9.41. The van der Waals surface area contributed by atoms with E-state index in [0.29, 0.717) is 37.7 Å². The number of carbonyl (C=O) groups is 2. The number of hydrogen-bond acceptors (Lipinski definition) is 5. The largest absolute Gasteiger partial charge is 0.481 e. The average molecular weight is 349 g/mol. The molecular formula is C18H27N3O4. The van der Waals surface area contributed by atoms with E-state index in [4.69, 9.17) is 4.52 Å². The summed E-state index contributed by atoms with van der Waals surface area (Å²) in [6.45, 7) is 3.48. The molecule has 1 saturated carbocycles. The van der Waals surface area contributed by atoms with Gasteiger partial charge in [-0.2, -0.15) is 4.98 Å². The lowest BCUT2D eigenvalue weighted by Crippen LogP contribution is -2.43. The second kappa shape index (κ2) is 7.97. The maximum absolute atomic E-state index is 12.7. The zero-order chi connectivity index (χ0) is 17.8. The fourth-order valence-electron chi connectivity index (χ4n) is 4.09. The van der Waals surface area contributed by atoms with Crippen LogP contribution in [0, 0.1) is 17.8 Å². The lowest BCUT2D eigenvalue weighted by Gasteiger charge is -2.34. The number of likely N-dealkylation sites (tertiary alicyclic amines) is 1. The van der Waals surface area contributed by atoms with Crippen LogP contribution in [0.25, 0.3) is 0 Å². The van der Waals surface area contributed by atoms with Crippen LogP contribution in [-0.2, 0) is 22.4 Å². The van der Waals surface area contributed by atoms with Crippen molar-refractivity contribution in [1.29, 1.82) is 0 Å². The molecule has 1 amide bonds. The highest BCUT2D eigenvalue weighted by Crippen LogP contribution is 2.34. The SMILES string of the molecule is CCCc1noc(CC2CCN(C(=O)[C@@H]3CCC[C@@H]3C(=O)O)CC2)n1. The second-order valence-electron chi connectivity index (χ2n) is 7.31. The minimum atomic E-state index is -0.829. The van der Waals surface area contributed by atoms with Crippen LogP contribution >= 0.6 is 0 Å². The maximum Gasteiger partial charge on any atom is 0.307 e. The van der Waals surface area contributed by atoms with Crippen LogP contribution in [0.3, 0.4) is 0 Å². The van der Waals surface area contributed by atoms with Crippen molar-refractivity contribution in [1.82, 2.24) is 15.0 Å². The smallest absolute Gasteiger partial charge is 0.307 e. The van der Waals surface area contributed by atoms with E-state index in [-0.39, 0.29) is 11.8 Å². The summed E-state index contributed by atoms with van der Waals surface area (Å²) < 4.78 is 5.31. The van der Waals surface area contributed by atoms with Gasteiger partial charge >= 0.3 is 5.97 Å². The van der Waals surface area contributed by atoms with Crippen molar-refractivity contribution in [3.8, 4) is 0 Å². The predicted molar refractivity (Wildman–Crippen MR) is 89.8 cm³/mol. The van der Waals surface area contributed by atoms with Gasteiger partial charge in [0.25, 0.3) is 0 Å². The van der Waals surface area contributed by atoms with Crippen molar-refractivity contribution >= 4 is 11.9 Å². The first kappa shape index (κ1) is 17.9. The monoisotopic (exact) mass is 349 g/mol. The number of carbonyl (C=O) groups excluding carboxylic acids is 1. The number of nitrogens with zero attached hydrogens (tertiary/aromatic N) is 3. The molecule has 1 aromatic rings. The molecule has 1 aliphatic heterocycles. The Kier molecular flexibility index (Phi) is 5.71. The van der Waals surface area contributed by atoms with Crippen LogP contribution in [0.1, 0.15) is 57.2 Å². The van der Waals surface area contributed by atoms with Crippen LogP contribution in [0.15, 0.2) is 4.52 Å². The number of carboxylic acid groups (broad SMARTS) is 1. The van der Waals surface area contributed by atoms with Crippen molar-refractivity contribution in [2.24, 2.45) is 17.8 Å². The normalized spacial score (nSPS) is 24.6. The Balaban J connectivity index is 1.49. The fraction of sp³-hybridized carbons (Fsp3) is 0.778. The van der Waals surface area contributed by atoms with Gasteiger partial charge < -0.3 is 14.5 Å². The highest BCUT2D eigenvalue weighted by Gasteiger charge is 2.40. The number of aromatic nitrogens is 2. The van der Waals surface area contributed by atoms with Crippen molar-refractivity contribution in [3.63, 3.8) is 0 Å². The number of piperidine rings is 1. The third-order valence-electron chi connectivity index (χ3n) is 5.52. The highest BCUT2D eigenvalue weighted by atomic mass is 16.5. The Hall–Kier alpha value is -1.92. The van der Waals surface area contributed by atoms with E-state index in [1.54, 1.807) is 0 Å². The topological polar surface area (TPSA) is 96.5 Å². The van der Waals surface area contributed by atoms with Crippen molar-refractivity contribution in [2.75, 3.05) is 13.1 Å². The summed E-state index contributed by atoms with van der Waals surface area (Å²) in [5, 5.41) is 13.3. The molecule has 3 rings (SSSR count). The molecule has 0 aromatic carbocycles. The minimum absolute atomic E-state index is 0.0337. The van der Waals surface area contributed by atoms with Crippen LogP contribution in [0.4, 0.5) is 0 Å². The zero-order valence-corrected chi connectivity index (χ0v) is 14.8. The van der Waals surface area contributed by atoms with Gasteiger partial charge in [0.2, 0.25) is 11.8 Å². The molecule has 1 N–H and O–H groups in total. The molecule has 2 heterocycles.